The normalized spacial score (nSPS) is 17.9. The molecule has 1 unspecified atom stereocenters. The highest BCUT2D eigenvalue weighted by atomic mass is 32.2. The van der Waals surface area contributed by atoms with Gasteiger partial charge in [-0.1, -0.05) is 18.2 Å². The van der Waals surface area contributed by atoms with Gasteiger partial charge in [0.25, 0.3) is 5.91 Å². The number of nitrogens with one attached hydrogen (secondary N) is 2. The van der Waals surface area contributed by atoms with Crippen LogP contribution in [-0.2, 0) is 0 Å². The van der Waals surface area contributed by atoms with Crippen LogP contribution in [0.25, 0.3) is 0 Å². The molecular weight excluding hydrogens is 310 g/mol. The van der Waals surface area contributed by atoms with Crippen LogP contribution in [0.5, 0.6) is 0 Å². The molecule has 1 amide bonds. The number of amides is 1. The van der Waals surface area contributed by atoms with E-state index >= 15 is 0 Å². The minimum atomic E-state index is -0.497. The molecule has 1 fully saturated rings. The predicted molar refractivity (Wildman–Crippen MR) is 91.6 cm³/mol. The lowest BCUT2D eigenvalue weighted by Crippen LogP contribution is -2.22. The number of anilines is 1. The van der Waals surface area contributed by atoms with Crippen molar-refractivity contribution < 1.29 is 10.0 Å². The molecular formula is C17H19N3O2S. The van der Waals surface area contributed by atoms with Crippen molar-refractivity contribution >= 4 is 23.5 Å². The van der Waals surface area contributed by atoms with Gasteiger partial charge in [0, 0.05) is 35.3 Å². The summed E-state index contributed by atoms with van der Waals surface area (Å²) < 4.78 is 2.36. The molecule has 1 aliphatic heterocycles. The van der Waals surface area contributed by atoms with Crippen molar-refractivity contribution in [2.45, 2.75) is 17.4 Å². The maximum atomic E-state index is 11.3. The first-order valence-electron chi connectivity index (χ1n) is 7.53. The Morgan fingerprint density at radius 2 is 1.87 bits per heavy atom. The minimum absolute atomic E-state index is 0.392. The molecule has 3 rings (SSSR count). The van der Waals surface area contributed by atoms with Crippen LogP contribution in [0, 0.1) is 0 Å². The molecule has 0 bridgehead atoms. The molecule has 1 heterocycles. The van der Waals surface area contributed by atoms with Crippen LogP contribution in [0.3, 0.4) is 0 Å². The van der Waals surface area contributed by atoms with Crippen LogP contribution >= 0.6 is 11.9 Å². The largest absolute Gasteiger partial charge is 0.381 e. The second-order valence-electron chi connectivity index (χ2n) is 5.44. The highest BCUT2D eigenvalue weighted by Crippen LogP contribution is 2.27. The van der Waals surface area contributed by atoms with Crippen molar-refractivity contribution in [2.24, 2.45) is 0 Å². The van der Waals surface area contributed by atoms with Gasteiger partial charge in [-0.15, -0.1) is 0 Å². The van der Waals surface area contributed by atoms with E-state index in [0.717, 1.165) is 25.2 Å². The van der Waals surface area contributed by atoms with Crippen molar-refractivity contribution in [3.8, 4) is 0 Å². The summed E-state index contributed by atoms with van der Waals surface area (Å²) in [7, 11) is 0. The van der Waals surface area contributed by atoms with Gasteiger partial charge in [0.1, 0.15) is 0 Å². The summed E-state index contributed by atoms with van der Waals surface area (Å²) in [6, 6.07) is 17.9. The fourth-order valence-electron chi connectivity index (χ4n) is 2.58. The van der Waals surface area contributed by atoms with Crippen molar-refractivity contribution in [3.63, 3.8) is 0 Å². The molecule has 0 radical (unpaired) electrons. The van der Waals surface area contributed by atoms with E-state index in [4.69, 9.17) is 5.21 Å². The fraction of sp³-hybridized carbons (Fsp3) is 0.235. The first kappa shape index (κ1) is 15.9. The van der Waals surface area contributed by atoms with E-state index in [1.165, 1.54) is 4.90 Å². The summed E-state index contributed by atoms with van der Waals surface area (Å²) in [5.41, 5.74) is 3.05. The maximum Gasteiger partial charge on any atom is 0.274 e. The second kappa shape index (κ2) is 7.50. The third-order valence-electron chi connectivity index (χ3n) is 3.75. The Kier molecular flexibility index (Phi) is 5.17. The molecule has 1 aliphatic rings. The number of rotatable bonds is 5. The lowest BCUT2D eigenvalue weighted by atomic mass is 10.2. The Hall–Kier alpha value is -2.02. The Bertz CT molecular complexity index is 649. The topological polar surface area (TPSA) is 64.6 Å². The molecule has 2 aromatic rings. The Balaban J connectivity index is 1.52. The Morgan fingerprint density at radius 3 is 2.57 bits per heavy atom. The number of hydrogen-bond donors (Lipinski definition) is 3. The van der Waals surface area contributed by atoms with Gasteiger partial charge in [0.2, 0.25) is 0 Å². The summed E-state index contributed by atoms with van der Waals surface area (Å²) in [5.74, 6) is -0.497. The highest BCUT2D eigenvalue weighted by Gasteiger charge is 2.23. The van der Waals surface area contributed by atoms with E-state index in [1.807, 2.05) is 18.2 Å². The number of hydroxylamine groups is 1. The summed E-state index contributed by atoms with van der Waals surface area (Å²) in [6.45, 7) is 2.01. The third kappa shape index (κ3) is 4.25. The lowest BCUT2D eigenvalue weighted by Gasteiger charge is -2.16. The van der Waals surface area contributed by atoms with Gasteiger partial charge in [-0.25, -0.2) is 9.79 Å². The van der Waals surface area contributed by atoms with E-state index in [0.29, 0.717) is 11.6 Å². The van der Waals surface area contributed by atoms with Crippen LogP contribution in [-0.4, -0.2) is 34.6 Å². The SMILES string of the molecule is O=C(NO)c1ccc(NC2CCN(Sc3ccccc3)C2)cc1. The molecule has 6 heteroatoms. The fourth-order valence-corrected chi connectivity index (χ4v) is 3.61. The zero-order chi connectivity index (χ0) is 16.1. The Morgan fingerprint density at radius 1 is 1.13 bits per heavy atom. The summed E-state index contributed by atoms with van der Waals surface area (Å²) >= 11 is 1.79. The molecule has 23 heavy (non-hydrogen) atoms. The monoisotopic (exact) mass is 329 g/mol. The number of benzene rings is 2. The van der Waals surface area contributed by atoms with Crippen molar-refractivity contribution in [3.05, 3.63) is 60.2 Å². The van der Waals surface area contributed by atoms with Gasteiger partial charge in [-0.2, -0.15) is 0 Å². The maximum absolute atomic E-state index is 11.3. The molecule has 2 aromatic carbocycles. The zero-order valence-corrected chi connectivity index (χ0v) is 13.4. The zero-order valence-electron chi connectivity index (χ0n) is 12.6. The molecule has 0 spiro atoms. The van der Waals surface area contributed by atoms with Crippen LogP contribution in [0.4, 0.5) is 5.69 Å². The number of carbonyl (C=O) groups excluding carboxylic acids is 1. The molecule has 3 N–H and O–H groups in total. The quantitative estimate of drug-likeness (QED) is 0.447. The summed E-state index contributed by atoms with van der Waals surface area (Å²) in [6.07, 6.45) is 1.08. The standard InChI is InChI=1S/C17H19N3O2S/c21-17(19-22)13-6-8-14(9-7-13)18-15-10-11-20(12-15)23-16-4-2-1-3-5-16/h1-9,15,18,22H,10-12H2,(H,19,21). The van der Waals surface area contributed by atoms with Crippen molar-refractivity contribution in [1.29, 1.82) is 0 Å². The highest BCUT2D eigenvalue weighted by molar-refractivity contribution is 7.97. The van der Waals surface area contributed by atoms with E-state index in [2.05, 4.69) is 33.9 Å². The van der Waals surface area contributed by atoms with E-state index in [-0.39, 0.29) is 0 Å². The van der Waals surface area contributed by atoms with Crippen molar-refractivity contribution in [1.82, 2.24) is 9.79 Å². The average molecular weight is 329 g/mol. The molecule has 0 saturated carbocycles. The molecule has 1 atom stereocenters. The average Bonchev–Trinajstić information content (AvgIpc) is 3.02. The summed E-state index contributed by atoms with van der Waals surface area (Å²) in [5, 5.41) is 12.1. The molecule has 120 valence electrons. The van der Waals surface area contributed by atoms with Gasteiger partial charge in [-0.05, 0) is 54.8 Å². The van der Waals surface area contributed by atoms with Gasteiger partial charge < -0.3 is 5.32 Å². The third-order valence-corrected chi connectivity index (χ3v) is 4.82. The van der Waals surface area contributed by atoms with Crippen LogP contribution in [0.1, 0.15) is 16.8 Å². The van der Waals surface area contributed by atoms with Gasteiger partial charge in [0.15, 0.2) is 0 Å². The first-order valence-corrected chi connectivity index (χ1v) is 8.31. The van der Waals surface area contributed by atoms with E-state index in [1.54, 1.807) is 29.6 Å². The number of carbonyl (C=O) groups is 1. The predicted octanol–water partition coefficient (Wildman–Crippen LogP) is 3.00. The second-order valence-corrected chi connectivity index (χ2v) is 6.61. The Labute approximate surface area is 139 Å². The van der Waals surface area contributed by atoms with Gasteiger partial charge >= 0.3 is 0 Å². The van der Waals surface area contributed by atoms with E-state index in [9.17, 15) is 4.79 Å². The van der Waals surface area contributed by atoms with Crippen LogP contribution in [0.15, 0.2) is 59.5 Å². The van der Waals surface area contributed by atoms with Crippen molar-refractivity contribution in [2.75, 3.05) is 18.4 Å². The molecule has 0 aliphatic carbocycles. The van der Waals surface area contributed by atoms with Gasteiger partial charge in [-0.3, -0.25) is 10.0 Å². The molecule has 1 saturated heterocycles. The number of nitrogens with zero attached hydrogens (tertiary/aromatic N) is 1. The first-order chi connectivity index (χ1) is 11.2. The van der Waals surface area contributed by atoms with E-state index < -0.39 is 5.91 Å². The lowest BCUT2D eigenvalue weighted by molar-refractivity contribution is 0.0706. The van der Waals surface area contributed by atoms with Crippen LogP contribution < -0.4 is 10.8 Å². The minimum Gasteiger partial charge on any atom is -0.381 e. The molecule has 0 aromatic heterocycles. The van der Waals surface area contributed by atoms with Crippen LogP contribution in [0.2, 0.25) is 0 Å². The smallest absolute Gasteiger partial charge is 0.274 e. The summed E-state index contributed by atoms with van der Waals surface area (Å²) in [4.78, 5) is 12.6. The number of hydrogen-bond acceptors (Lipinski definition) is 5. The molecule has 5 nitrogen and oxygen atoms in total. The van der Waals surface area contributed by atoms with Gasteiger partial charge in [0.05, 0.1) is 0 Å².